The van der Waals surface area contributed by atoms with Crippen LogP contribution >= 0.6 is 0 Å². The van der Waals surface area contributed by atoms with Crippen molar-refractivity contribution in [2.75, 3.05) is 18.9 Å². The predicted octanol–water partition coefficient (Wildman–Crippen LogP) is 0.360. The second-order valence-electron chi connectivity index (χ2n) is 4.50. The standard InChI is InChI=1S/C13H18N4O2/c1-3-10-13(19)16-11(18)8-17(10)7-9-5-4-6-15-12(9)14-2/h4-6,10H,3,7-8H2,1-2H3,(H,14,15)(H,16,18,19). The zero-order valence-electron chi connectivity index (χ0n) is 11.1. The molecule has 0 aromatic carbocycles. The second kappa shape index (κ2) is 5.79. The van der Waals surface area contributed by atoms with Gasteiger partial charge in [-0.3, -0.25) is 19.8 Å². The molecule has 0 bridgehead atoms. The molecule has 1 atom stereocenters. The number of aromatic nitrogens is 1. The molecular weight excluding hydrogens is 244 g/mol. The van der Waals surface area contributed by atoms with Crippen LogP contribution in [0.3, 0.4) is 0 Å². The van der Waals surface area contributed by atoms with Gasteiger partial charge in [0.1, 0.15) is 5.82 Å². The van der Waals surface area contributed by atoms with Crippen molar-refractivity contribution in [2.45, 2.75) is 25.9 Å². The van der Waals surface area contributed by atoms with Crippen molar-refractivity contribution in [3.63, 3.8) is 0 Å². The summed E-state index contributed by atoms with van der Waals surface area (Å²) in [6, 6.07) is 3.54. The number of nitrogens with zero attached hydrogens (tertiary/aromatic N) is 2. The molecule has 2 N–H and O–H groups in total. The van der Waals surface area contributed by atoms with Gasteiger partial charge in [0.15, 0.2) is 0 Å². The number of amides is 2. The Morgan fingerprint density at radius 1 is 1.53 bits per heavy atom. The molecule has 0 aliphatic carbocycles. The van der Waals surface area contributed by atoms with Crippen molar-refractivity contribution in [3.05, 3.63) is 23.9 Å². The Kier molecular flexibility index (Phi) is 4.11. The molecule has 1 aliphatic heterocycles. The van der Waals surface area contributed by atoms with E-state index in [1.54, 1.807) is 13.2 Å². The van der Waals surface area contributed by atoms with Gasteiger partial charge < -0.3 is 5.32 Å². The topological polar surface area (TPSA) is 74.3 Å². The van der Waals surface area contributed by atoms with Gasteiger partial charge in [-0.25, -0.2) is 4.98 Å². The number of imide groups is 1. The highest BCUT2D eigenvalue weighted by Gasteiger charge is 2.32. The minimum atomic E-state index is -0.261. The molecule has 2 heterocycles. The van der Waals surface area contributed by atoms with Crippen molar-refractivity contribution in [1.82, 2.24) is 15.2 Å². The molecule has 1 fully saturated rings. The van der Waals surface area contributed by atoms with E-state index in [9.17, 15) is 9.59 Å². The lowest BCUT2D eigenvalue weighted by molar-refractivity contribution is -0.140. The molecule has 1 aromatic heterocycles. The predicted molar refractivity (Wildman–Crippen MR) is 71.4 cm³/mol. The van der Waals surface area contributed by atoms with Crippen LogP contribution in [0.5, 0.6) is 0 Å². The number of nitrogens with one attached hydrogen (secondary N) is 2. The fourth-order valence-electron chi connectivity index (χ4n) is 2.34. The Hall–Kier alpha value is -1.95. The molecule has 1 unspecified atom stereocenters. The molecule has 6 nitrogen and oxygen atoms in total. The Bertz CT molecular complexity index is 489. The van der Waals surface area contributed by atoms with Crippen LogP contribution in [0.2, 0.25) is 0 Å². The highest BCUT2D eigenvalue weighted by molar-refractivity contribution is 6.01. The van der Waals surface area contributed by atoms with E-state index in [2.05, 4.69) is 15.6 Å². The summed E-state index contributed by atoms with van der Waals surface area (Å²) < 4.78 is 0. The summed E-state index contributed by atoms with van der Waals surface area (Å²) >= 11 is 0. The van der Waals surface area contributed by atoms with Crippen LogP contribution in [-0.2, 0) is 16.1 Å². The Balaban J connectivity index is 2.20. The summed E-state index contributed by atoms with van der Waals surface area (Å²) in [5, 5.41) is 5.39. The van der Waals surface area contributed by atoms with E-state index >= 15 is 0 Å². The SMILES string of the molecule is CCC1C(=O)NC(=O)CN1Cc1cccnc1NC. The lowest BCUT2D eigenvalue weighted by Gasteiger charge is -2.33. The first-order chi connectivity index (χ1) is 9.15. The third kappa shape index (κ3) is 2.90. The minimum Gasteiger partial charge on any atom is -0.373 e. The largest absolute Gasteiger partial charge is 0.373 e. The van der Waals surface area contributed by atoms with Gasteiger partial charge in [0.05, 0.1) is 12.6 Å². The Labute approximate surface area is 112 Å². The molecule has 1 aliphatic rings. The van der Waals surface area contributed by atoms with Crippen LogP contribution in [0.15, 0.2) is 18.3 Å². The fraction of sp³-hybridized carbons (Fsp3) is 0.462. The van der Waals surface area contributed by atoms with E-state index in [0.717, 1.165) is 11.4 Å². The zero-order valence-corrected chi connectivity index (χ0v) is 11.1. The number of rotatable bonds is 4. The summed E-state index contributed by atoms with van der Waals surface area (Å²) in [5.41, 5.74) is 0.978. The number of carbonyl (C=O) groups excluding carboxylic acids is 2. The molecule has 0 radical (unpaired) electrons. The van der Waals surface area contributed by atoms with E-state index < -0.39 is 0 Å². The maximum atomic E-state index is 11.8. The van der Waals surface area contributed by atoms with Gasteiger partial charge in [0, 0.05) is 25.4 Å². The zero-order chi connectivity index (χ0) is 13.8. The summed E-state index contributed by atoms with van der Waals surface area (Å²) in [5.74, 6) is 0.314. The van der Waals surface area contributed by atoms with E-state index in [1.807, 2.05) is 24.0 Å². The van der Waals surface area contributed by atoms with E-state index in [-0.39, 0.29) is 24.4 Å². The van der Waals surface area contributed by atoms with Gasteiger partial charge in [-0.05, 0) is 12.5 Å². The van der Waals surface area contributed by atoms with Crippen LogP contribution < -0.4 is 10.6 Å². The van der Waals surface area contributed by atoms with Crippen LogP contribution in [0.4, 0.5) is 5.82 Å². The quantitative estimate of drug-likeness (QED) is 0.766. The number of anilines is 1. The van der Waals surface area contributed by atoms with Crippen LogP contribution in [0.25, 0.3) is 0 Å². The molecule has 0 saturated carbocycles. The Morgan fingerprint density at radius 3 is 3.00 bits per heavy atom. The normalized spacial score (nSPS) is 20.2. The van der Waals surface area contributed by atoms with E-state index in [1.165, 1.54) is 0 Å². The summed E-state index contributed by atoms with van der Waals surface area (Å²) in [4.78, 5) is 29.4. The number of carbonyl (C=O) groups is 2. The molecule has 6 heteroatoms. The summed E-state index contributed by atoms with van der Waals surface area (Å²) in [7, 11) is 1.80. The van der Waals surface area contributed by atoms with Gasteiger partial charge in [0.25, 0.3) is 0 Å². The molecule has 0 spiro atoms. The van der Waals surface area contributed by atoms with Crippen LogP contribution in [-0.4, -0.2) is 41.3 Å². The maximum absolute atomic E-state index is 11.8. The smallest absolute Gasteiger partial charge is 0.243 e. The molecule has 1 aromatic rings. The number of hydrogen-bond donors (Lipinski definition) is 2. The number of piperazine rings is 1. The summed E-state index contributed by atoms with van der Waals surface area (Å²) in [6.07, 6.45) is 2.38. The lowest BCUT2D eigenvalue weighted by atomic mass is 10.1. The molecule has 2 rings (SSSR count). The van der Waals surface area contributed by atoms with Crippen LogP contribution in [0.1, 0.15) is 18.9 Å². The van der Waals surface area contributed by atoms with Crippen LogP contribution in [0, 0.1) is 0 Å². The average Bonchev–Trinajstić information content (AvgIpc) is 2.39. The van der Waals surface area contributed by atoms with Crippen molar-refractivity contribution in [1.29, 1.82) is 0 Å². The first-order valence-corrected chi connectivity index (χ1v) is 6.35. The average molecular weight is 262 g/mol. The molecule has 19 heavy (non-hydrogen) atoms. The third-order valence-electron chi connectivity index (χ3n) is 3.24. The van der Waals surface area contributed by atoms with Crippen molar-refractivity contribution in [3.8, 4) is 0 Å². The van der Waals surface area contributed by atoms with Crippen molar-refractivity contribution >= 4 is 17.6 Å². The molecule has 2 amide bonds. The fourth-order valence-corrected chi connectivity index (χ4v) is 2.34. The number of hydrogen-bond acceptors (Lipinski definition) is 5. The van der Waals surface area contributed by atoms with Gasteiger partial charge in [-0.2, -0.15) is 0 Å². The van der Waals surface area contributed by atoms with Gasteiger partial charge in [-0.1, -0.05) is 13.0 Å². The van der Waals surface area contributed by atoms with E-state index in [4.69, 9.17) is 0 Å². The monoisotopic (exact) mass is 262 g/mol. The first-order valence-electron chi connectivity index (χ1n) is 6.35. The highest BCUT2D eigenvalue weighted by atomic mass is 16.2. The lowest BCUT2D eigenvalue weighted by Crippen LogP contribution is -2.57. The van der Waals surface area contributed by atoms with Gasteiger partial charge in [0.2, 0.25) is 11.8 Å². The molecule has 102 valence electrons. The first kappa shape index (κ1) is 13.5. The maximum Gasteiger partial charge on any atom is 0.243 e. The Morgan fingerprint density at radius 2 is 2.32 bits per heavy atom. The van der Waals surface area contributed by atoms with Crippen molar-refractivity contribution < 1.29 is 9.59 Å². The van der Waals surface area contributed by atoms with Gasteiger partial charge >= 0.3 is 0 Å². The minimum absolute atomic E-state index is 0.214. The van der Waals surface area contributed by atoms with E-state index in [0.29, 0.717) is 13.0 Å². The van der Waals surface area contributed by atoms with Crippen molar-refractivity contribution in [2.24, 2.45) is 0 Å². The van der Waals surface area contributed by atoms with Gasteiger partial charge in [-0.15, -0.1) is 0 Å². The highest BCUT2D eigenvalue weighted by Crippen LogP contribution is 2.18. The number of pyridine rings is 1. The second-order valence-corrected chi connectivity index (χ2v) is 4.50. The third-order valence-corrected chi connectivity index (χ3v) is 3.24. The molecular formula is C13H18N4O2. The molecule has 1 saturated heterocycles. The summed E-state index contributed by atoms with van der Waals surface area (Å²) in [6.45, 7) is 2.71.